The van der Waals surface area contributed by atoms with Gasteiger partial charge in [0, 0.05) is 12.4 Å². The number of carbonyl (C=O) groups excluding carboxylic acids is 2. The van der Waals surface area contributed by atoms with Crippen LogP contribution in [0.25, 0.3) is 0 Å². The first-order valence-corrected chi connectivity index (χ1v) is 8.08. The average Bonchev–Trinajstić information content (AvgIpc) is 3.33. The monoisotopic (exact) mass is 391 g/mol. The number of amides is 1. The molecule has 0 aliphatic carbocycles. The van der Waals surface area contributed by atoms with Crippen molar-refractivity contribution in [2.45, 2.75) is 13.2 Å². The van der Waals surface area contributed by atoms with E-state index in [1.807, 2.05) is 0 Å². The Balaban J connectivity index is 1.52. The molecule has 0 spiro atoms. The molecule has 0 aliphatic rings. The van der Waals surface area contributed by atoms with Crippen molar-refractivity contribution in [3.05, 3.63) is 66.4 Å². The normalized spacial score (nSPS) is 10.7. The molecular formula is C18H15F2N3O5. The molecule has 0 aliphatic heterocycles. The van der Waals surface area contributed by atoms with Crippen LogP contribution in [0, 0.1) is 0 Å². The Morgan fingerprint density at radius 2 is 2.00 bits per heavy atom. The Morgan fingerprint density at radius 1 is 1.18 bits per heavy atom. The van der Waals surface area contributed by atoms with Gasteiger partial charge in [0.05, 0.1) is 12.2 Å². The number of aromatic nitrogens is 2. The van der Waals surface area contributed by atoms with Crippen molar-refractivity contribution < 1.29 is 32.3 Å². The number of ether oxygens (including phenoxy) is 2. The third-order valence-corrected chi connectivity index (χ3v) is 3.45. The lowest BCUT2D eigenvalue weighted by molar-refractivity contribution is -0.119. The predicted octanol–water partition coefficient (Wildman–Crippen LogP) is 2.92. The quantitative estimate of drug-likeness (QED) is 0.593. The molecule has 3 rings (SSSR count). The molecule has 2 heterocycles. The van der Waals surface area contributed by atoms with Crippen LogP contribution in [-0.4, -0.2) is 34.9 Å². The SMILES string of the molecule is O=C(COC(=O)c1ccc(Cn2cccn2)o1)Nc1ccccc1OC(F)F. The number of alkyl halides is 2. The number of hydrogen-bond acceptors (Lipinski definition) is 6. The average molecular weight is 391 g/mol. The number of hydrogen-bond donors (Lipinski definition) is 1. The first-order valence-electron chi connectivity index (χ1n) is 8.08. The molecule has 0 unspecified atom stereocenters. The second-order valence-corrected chi connectivity index (χ2v) is 5.47. The Bertz CT molecular complexity index is 940. The third-order valence-electron chi connectivity index (χ3n) is 3.45. The molecule has 0 saturated carbocycles. The van der Waals surface area contributed by atoms with Gasteiger partial charge < -0.3 is 19.2 Å². The lowest BCUT2D eigenvalue weighted by Gasteiger charge is -2.11. The van der Waals surface area contributed by atoms with Gasteiger partial charge in [-0.2, -0.15) is 13.9 Å². The second-order valence-electron chi connectivity index (χ2n) is 5.47. The van der Waals surface area contributed by atoms with Crippen molar-refractivity contribution in [3.8, 4) is 5.75 Å². The number of benzene rings is 1. The first kappa shape index (κ1) is 19.1. The lowest BCUT2D eigenvalue weighted by atomic mass is 10.3. The highest BCUT2D eigenvalue weighted by molar-refractivity contribution is 5.95. The van der Waals surface area contributed by atoms with E-state index in [0.717, 1.165) is 0 Å². The summed E-state index contributed by atoms with van der Waals surface area (Å²) in [4.78, 5) is 23.9. The molecule has 0 atom stereocenters. The van der Waals surface area contributed by atoms with Gasteiger partial charge in [0.15, 0.2) is 6.61 Å². The highest BCUT2D eigenvalue weighted by Gasteiger charge is 2.16. The van der Waals surface area contributed by atoms with Gasteiger partial charge in [-0.25, -0.2) is 4.79 Å². The molecular weight excluding hydrogens is 376 g/mol. The molecule has 8 nitrogen and oxygen atoms in total. The van der Waals surface area contributed by atoms with E-state index in [0.29, 0.717) is 12.3 Å². The Labute approximate surface area is 157 Å². The van der Waals surface area contributed by atoms with Gasteiger partial charge in [-0.1, -0.05) is 12.1 Å². The van der Waals surface area contributed by atoms with Gasteiger partial charge in [-0.05, 0) is 30.3 Å². The second kappa shape index (κ2) is 8.80. The highest BCUT2D eigenvalue weighted by Crippen LogP contribution is 2.25. The molecule has 3 aromatic rings. The van der Waals surface area contributed by atoms with E-state index in [9.17, 15) is 18.4 Å². The van der Waals surface area contributed by atoms with Crippen molar-refractivity contribution in [1.29, 1.82) is 0 Å². The van der Waals surface area contributed by atoms with Crippen LogP contribution in [0.3, 0.4) is 0 Å². The first-order chi connectivity index (χ1) is 13.5. The van der Waals surface area contributed by atoms with E-state index >= 15 is 0 Å². The maximum Gasteiger partial charge on any atom is 0.387 e. The minimum Gasteiger partial charge on any atom is -0.452 e. The van der Waals surface area contributed by atoms with Crippen LogP contribution >= 0.6 is 0 Å². The molecule has 2 aromatic heterocycles. The van der Waals surface area contributed by atoms with Gasteiger partial charge >= 0.3 is 12.6 Å². The number of nitrogens with zero attached hydrogens (tertiary/aromatic N) is 2. The molecule has 1 aromatic carbocycles. The zero-order valence-electron chi connectivity index (χ0n) is 14.4. The number of anilines is 1. The number of carbonyl (C=O) groups is 2. The van der Waals surface area contributed by atoms with Crippen LogP contribution in [0.1, 0.15) is 16.3 Å². The van der Waals surface area contributed by atoms with Crippen molar-refractivity contribution >= 4 is 17.6 Å². The highest BCUT2D eigenvalue weighted by atomic mass is 19.3. The summed E-state index contributed by atoms with van der Waals surface area (Å²) in [5.74, 6) is -1.35. The van der Waals surface area contributed by atoms with Gasteiger partial charge in [0.2, 0.25) is 5.76 Å². The number of para-hydroxylation sites is 2. The topological polar surface area (TPSA) is 95.6 Å². The van der Waals surface area contributed by atoms with Gasteiger partial charge in [-0.15, -0.1) is 0 Å². The van der Waals surface area contributed by atoms with Crippen molar-refractivity contribution in [1.82, 2.24) is 9.78 Å². The molecule has 10 heteroatoms. The molecule has 0 fully saturated rings. The van der Waals surface area contributed by atoms with Gasteiger partial charge in [0.25, 0.3) is 5.91 Å². The number of rotatable bonds is 8. The zero-order valence-corrected chi connectivity index (χ0v) is 14.4. The number of halogens is 2. The maximum absolute atomic E-state index is 12.4. The smallest absolute Gasteiger partial charge is 0.387 e. The molecule has 1 N–H and O–H groups in total. The maximum atomic E-state index is 12.4. The lowest BCUT2D eigenvalue weighted by Crippen LogP contribution is -2.21. The van der Waals surface area contributed by atoms with Crippen LogP contribution < -0.4 is 10.1 Å². The van der Waals surface area contributed by atoms with Crippen LogP contribution in [-0.2, 0) is 16.1 Å². The number of furan rings is 1. The Morgan fingerprint density at radius 3 is 2.75 bits per heavy atom. The summed E-state index contributed by atoms with van der Waals surface area (Å²) >= 11 is 0. The summed E-state index contributed by atoms with van der Waals surface area (Å²) in [6, 6.07) is 10.4. The van der Waals surface area contributed by atoms with Crippen LogP contribution in [0.2, 0.25) is 0 Å². The van der Waals surface area contributed by atoms with E-state index in [1.165, 1.54) is 30.3 Å². The minimum atomic E-state index is -3.04. The molecule has 1 amide bonds. The van der Waals surface area contributed by atoms with Gasteiger partial charge in [-0.3, -0.25) is 9.48 Å². The third kappa shape index (κ3) is 5.16. The fraction of sp³-hybridized carbons (Fsp3) is 0.167. The van der Waals surface area contributed by atoms with Crippen LogP contribution in [0.5, 0.6) is 5.75 Å². The van der Waals surface area contributed by atoms with E-state index in [1.54, 1.807) is 29.2 Å². The summed E-state index contributed by atoms with van der Waals surface area (Å²) in [5, 5.41) is 6.36. The zero-order chi connectivity index (χ0) is 19.9. The van der Waals surface area contributed by atoms with Crippen molar-refractivity contribution in [3.63, 3.8) is 0 Å². The number of nitrogens with one attached hydrogen (secondary N) is 1. The minimum absolute atomic E-state index is 0.0309. The van der Waals surface area contributed by atoms with E-state index in [-0.39, 0.29) is 17.2 Å². The fourth-order valence-electron chi connectivity index (χ4n) is 2.28. The van der Waals surface area contributed by atoms with Gasteiger partial charge in [0.1, 0.15) is 11.5 Å². The predicted molar refractivity (Wildman–Crippen MR) is 92.0 cm³/mol. The Hall–Kier alpha value is -3.69. The van der Waals surface area contributed by atoms with Crippen molar-refractivity contribution in [2.24, 2.45) is 0 Å². The molecule has 146 valence electrons. The van der Waals surface area contributed by atoms with Crippen LogP contribution in [0.15, 0.2) is 59.3 Å². The summed E-state index contributed by atoms with van der Waals surface area (Å²) in [5.41, 5.74) is 0.0309. The molecule has 0 bridgehead atoms. The molecule has 0 saturated heterocycles. The molecule has 28 heavy (non-hydrogen) atoms. The van der Waals surface area contributed by atoms with Crippen molar-refractivity contribution in [2.75, 3.05) is 11.9 Å². The standard InChI is InChI=1S/C18H15F2N3O5/c19-18(20)28-14-5-2-1-4-13(14)22-16(24)11-26-17(25)15-7-6-12(27-15)10-23-9-3-8-21-23/h1-9,18H,10-11H2,(H,22,24). The van der Waals surface area contributed by atoms with E-state index in [4.69, 9.17) is 9.15 Å². The van der Waals surface area contributed by atoms with Crippen LogP contribution in [0.4, 0.5) is 14.5 Å². The summed E-state index contributed by atoms with van der Waals surface area (Å²) in [7, 11) is 0. The summed E-state index contributed by atoms with van der Waals surface area (Å²) < 4.78 is 40.9. The van der Waals surface area contributed by atoms with E-state index < -0.39 is 25.1 Å². The molecule has 0 radical (unpaired) electrons. The number of esters is 1. The van der Waals surface area contributed by atoms with E-state index in [2.05, 4.69) is 15.2 Å². The summed E-state index contributed by atoms with van der Waals surface area (Å²) in [6.45, 7) is -3.33. The summed E-state index contributed by atoms with van der Waals surface area (Å²) in [6.07, 6.45) is 3.35. The Kier molecular flexibility index (Phi) is 6.00. The fourth-order valence-corrected chi connectivity index (χ4v) is 2.28. The largest absolute Gasteiger partial charge is 0.452 e.